The molecule has 1 aromatic heterocycles. The van der Waals surface area contributed by atoms with Crippen molar-refractivity contribution in [1.29, 1.82) is 0 Å². The molecule has 0 aliphatic heterocycles. The van der Waals surface area contributed by atoms with Crippen molar-refractivity contribution in [3.05, 3.63) is 57.4 Å². The molecule has 1 aromatic carbocycles. The molecule has 104 valence electrons. The zero-order valence-corrected chi connectivity index (χ0v) is 10.4. The van der Waals surface area contributed by atoms with Gasteiger partial charge in [-0.15, -0.1) is 0 Å². The first-order chi connectivity index (χ1) is 9.29. The maximum Gasteiger partial charge on any atom is 0.416 e. The third-order valence-electron chi connectivity index (χ3n) is 2.54. The van der Waals surface area contributed by atoms with E-state index in [0.29, 0.717) is 0 Å². The Morgan fingerprint density at radius 3 is 2.50 bits per heavy atom. The number of hydrogen-bond acceptors (Lipinski definition) is 3. The third-order valence-corrected chi connectivity index (χ3v) is 2.83. The second kappa shape index (κ2) is 5.09. The van der Waals surface area contributed by atoms with Gasteiger partial charge in [-0.3, -0.25) is 10.1 Å². The van der Waals surface area contributed by atoms with Crippen LogP contribution in [-0.4, -0.2) is 9.91 Å². The summed E-state index contributed by atoms with van der Waals surface area (Å²) in [4.78, 5) is 13.6. The summed E-state index contributed by atoms with van der Waals surface area (Å²) in [5, 5.41) is 10.4. The van der Waals surface area contributed by atoms with Gasteiger partial charge in [-0.2, -0.15) is 13.2 Å². The molecule has 0 saturated carbocycles. The topological polar surface area (TPSA) is 56.0 Å². The van der Waals surface area contributed by atoms with Gasteiger partial charge in [0.15, 0.2) is 0 Å². The molecular formula is C12H6ClF3N2O2. The summed E-state index contributed by atoms with van der Waals surface area (Å²) in [5.41, 5.74) is -0.937. The van der Waals surface area contributed by atoms with E-state index >= 15 is 0 Å². The number of alkyl halides is 3. The summed E-state index contributed by atoms with van der Waals surface area (Å²) in [6.07, 6.45) is -3.30. The average Bonchev–Trinajstić information content (AvgIpc) is 2.38. The Balaban J connectivity index is 2.52. The maximum absolute atomic E-state index is 12.6. The molecule has 4 nitrogen and oxygen atoms in total. The molecule has 0 amide bonds. The van der Waals surface area contributed by atoms with Crippen molar-refractivity contribution in [2.45, 2.75) is 6.18 Å². The highest BCUT2D eigenvalue weighted by Gasteiger charge is 2.30. The van der Waals surface area contributed by atoms with Crippen molar-refractivity contribution in [2.24, 2.45) is 0 Å². The van der Waals surface area contributed by atoms with E-state index in [1.165, 1.54) is 18.3 Å². The molecule has 0 fully saturated rings. The second-order valence-corrected chi connectivity index (χ2v) is 4.23. The van der Waals surface area contributed by atoms with E-state index in [1.54, 1.807) is 0 Å². The molecule has 0 bridgehead atoms. The largest absolute Gasteiger partial charge is 0.416 e. The number of nitro groups is 1. The maximum atomic E-state index is 12.6. The molecule has 0 radical (unpaired) electrons. The van der Waals surface area contributed by atoms with E-state index in [9.17, 15) is 23.3 Å². The van der Waals surface area contributed by atoms with Gasteiger partial charge in [-0.1, -0.05) is 23.7 Å². The number of aromatic nitrogens is 1. The Morgan fingerprint density at radius 2 is 1.90 bits per heavy atom. The summed E-state index contributed by atoms with van der Waals surface area (Å²) in [6.45, 7) is 0. The highest BCUT2D eigenvalue weighted by molar-refractivity contribution is 6.31. The van der Waals surface area contributed by atoms with Crippen LogP contribution < -0.4 is 0 Å². The van der Waals surface area contributed by atoms with Gasteiger partial charge in [0.05, 0.1) is 10.5 Å². The second-order valence-electron chi connectivity index (χ2n) is 3.87. The first kappa shape index (κ1) is 14.3. The van der Waals surface area contributed by atoms with Crippen LogP contribution in [0.4, 0.5) is 18.9 Å². The van der Waals surface area contributed by atoms with Crippen LogP contribution in [0.1, 0.15) is 5.56 Å². The number of nitrogens with zero attached hydrogens (tertiary/aromatic N) is 2. The molecule has 0 N–H and O–H groups in total. The Labute approximate surface area is 116 Å². The lowest BCUT2D eigenvalue weighted by Crippen LogP contribution is -2.04. The molecule has 2 aromatic rings. The fraction of sp³-hybridized carbons (Fsp3) is 0.0833. The smallest absolute Gasteiger partial charge is 0.258 e. The lowest BCUT2D eigenvalue weighted by atomic mass is 10.0. The van der Waals surface area contributed by atoms with Crippen molar-refractivity contribution < 1.29 is 18.1 Å². The Bertz CT molecular complexity index is 674. The number of benzene rings is 1. The van der Waals surface area contributed by atoms with Crippen LogP contribution in [0.2, 0.25) is 5.15 Å². The van der Waals surface area contributed by atoms with Crippen LogP contribution in [0.3, 0.4) is 0 Å². The first-order valence-corrected chi connectivity index (χ1v) is 5.64. The zero-order valence-electron chi connectivity index (χ0n) is 9.69. The highest BCUT2D eigenvalue weighted by atomic mass is 35.5. The molecule has 0 atom stereocenters. The van der Waals surface area contributed by atoms with E-state index in [-0.39, 0.29) is 16.3 Å². The van der Waals surface area contributed by atoms with Crippen molar-refractivity contribution >= 4 is 17.3 Å². The van der Waals surface area contributed by atoms with Gasteiger partial charge in [0.25, 0.3) is 0 Å². The van der Waals surface area contributed by atoms with Gasteiger partial charge in [0.1, 0.15) is 0 Å². The van der Waals surface area contributed by atoms with E-state index in [1.807, 2.05) is 0 Å². The van der Waals surface area contributed by atoms with E-state index < -0.39 is 22.4 Å². The quantitative estimate of drug-likeness (QED) is 0.471. The van der Waals surface area contributed by atoms with Crippen LogP contribution >= 0.6 is 11.6 Å². The van der Waals surface area contributed by atoms with Gasteiger partial charge in [-0.05, 0) is 17.7 Å². The number of pyridine rings is 1. The van der Waals surface area contributed by atoms with Crippen LogP contribution in [0.5, 0.6) is 0 Å². The molecular weight excluding hydrogens is 297 g/mol. The minimum atomic E-state index is -4.48. The minimum absolute atomic E-state index is 0.173. The molecule has 0 spiro atoms. The molecule has 0 saturated heterocycles. The first-order valence-electron chi connectivity index (χ1n) is 5.26. The molecule has 2 rings (SSSR count). The number of hydrogen-bond donors (Lipinski definition) is 0. The van der Waals surface area contributed by atoms with Gasteiger partial charge in [0.2, 0.25) is 5.15 Å². The van der Waals surface area contributed by atoms with Crippen molar-refractivity contribution in [3.8, 4) is 11.1 Å². The van der Waals surface area contributed by atoms with Crippen molar-refractivity contribution in [1.82, 2.24) is 4.98 Å². The lowest BCUT2D eigenvalue weighted by molar-refractivity contribution is -0.385. The Hall–Kier alpha value is -2.15. The average molecular weight is 303 g/mol. The standard InChI is InChI=1S/C12H6ClF3N2O2/c13-11-10(18(19)20)5-8(6-17-11)7-2-1-3-9(4-7)12(14,15)16/h1-6H. The van der Waals surface area contributed by atoms with Crippen molar-refractivity contribution in [2.75, 3.05) is 0 Å². The minimum Gasteiger partial charge on any atom is -0.258 e. The monoisotopic (exact) mass is 302 g/mol. The van der Waals surface area contributed by atoms with Gasteiger partial charge in [0, 0.05) is 17.8 Å². The Morgan fingerprint density at radius 1 is 1.20 bits per heavy atom. The van der Waals surface area contributed by atoms with Gasteiger partial charge in [-0.25, -0.2) is 4.98 Å². The SMILES string of the molecule is O=[N+]([O-])c1cc(-c2cccc(C(F)(F)F)c2)cnc1Cl. The van der Waals surface area contributed by atoms with E-state index in [4.69, 9.17) is 11.6 Å². The summed E-state index contributed by atoms with van der Waals surface area (Å²) in [7, 11) is 0. The molecule has 1 heterocycles. The summed E-state index contributed by atoms with van der Waals surface area (Å²) in [6, 6.07) is 5.53. The fourth-order valence-electron chi connectivity index (χ4n) is 1.60. The van der Waals surface area contributed by atoms with Crippen LogP contribution in [0, 0.1) is 10.1 Å². The van der Waals surface area contributed by atoms with E-state index in [0.717, 1.165) is 18.2 Å². The molecule has 0 unspecified atom stereocenters. The molecule has 0 aliphatic carbocycles. The third kappa shape index (κ3) is 2.88. The predicted octanol–water partition coefficient (Wildman–Crippen LogP) is 4.33. The van der Waals surface area contributed by atoms with E-state index in [2.05, 4.69) is 4.98 Å². The van der Waals surface area contributed by atoms with Crippen LogP contribution in [0.15, 0.2) is 36.5 Å². The normalized spacial score (nSPS) is 11.4. The number of halogens is 4. The lowest BCUT2D eigenvalue weighted by Gasteiger charge is -2.08. The molecule has 8 heteroatoms. The van der Waals surface area contributed by atoms with Crippen molar-refractivity contribution in [3.63, 3.8) is 0 Å². The summed E-state index contributed by atoms with van der Waals surface area (Å²) in [5.74, 6) is 0. The molecule has 0 aliphatic rings. The van der Waals surface area contributed by atoms with Crippen LogP contribution in [0.25, 0.3) is 11.1 Å². The van der Waals surface area contributed by atoms with Crippen LogP contribution in [-0.2, 0) is 6.18 Å². The summed E-state index contributed by atoms with van der Waals surface area (Å²) < 4.78 is 37.8. The number of rotatable bonds is 2. The predicted molar refractivity (Wildman–Crippen MR) is 66.3 cm³/mol. The Kier molecular flexibility index (Phi) is 3.63. The van der Waals surface area contributed by atoms with Gasteiger partial charge < -0.3 is 0 Å². The highest BCUT2D eigenvalue weighted by Crippen LogP contribution is 2.33. The zero-order chi connectivity index (χ0) is 14.9. The summed E-state index contributed by atoms with van der Waals surface area (Å²) >= 11 is 5.55. The molecule has 20 heavy (non-hydrogen) atoms. The fourth-order valence-corrected chi connectivity index (χ4v) is 1.77. The van der Waals surface area contributed by atoms with Gasteiger partial charge >= 0.3 is 11.9 Å².